The van der Waals surface area contributed by atoms with Gasteiger partial charge in [-0.3, -0.25) is 0 Å². The highest BCUT2D eigenvalue weighted by molar-refractivity contribution is 5.22. The van der Waals surface area contributed by atoms with Crippen LogP contribution in [0.1, 0.15) is 32.4 Å². The van der Waals surface area contributed by atoms with Crippen molar-refractivity contribution in [1.82, 2.24) is 0 Å². The second-order valence-electron chi connectivity index (χ2n) is 4.86. The van der Waals surface area contributed by atoms with E-state index in [1.165, 1.54) is 6.07 Å². The standard InChI is InChI=1S/C12H18FNO/c1-12(2,3)11(15)10(14)8-6-4-5-7-9(8)13/h4-7,10-11,15H,14H2,1-3H3/t10-,11-/m0/s1. The smallest absolute Gasteiger partial charge is 0.128 e. The molecule has 0 fully saturated rings. The maximum Gasteiger partial charge on any atom is 0.128 e. The van der Waals surface area contributed by atoms with Crippen LogP contribution in [0, 0.1) is 11.2 Å². The number of hydrogen-bond acceptors (Lipinski definition) is 2. The van der Waals surface area contributed by atoms with Crippen molar-refractivity contribution in [3.05, 3.63) is 35.6 Å². The van der Waals surface area contributed by atoms with Crippen LogP contribution in [-0.2, 0) is 0 Å². The van der Waals surface area contributed by atoms with Crippen LogP contribution in [0.5, 0.6) is 0 Å². The lowest BCUT2D eigenvalue weighted by Crippen LogP contribution is -2.37. The molecule has 0 heterocycles. The largest absolute Gasteiger partial charge is 0.391 e. The van der Waals surface area contributed by atoms with Gasteiger partial charge in [-0.1, -0.05) is 39.0 Å². The van der Waals surface area contributed by atoms with E-state index in [1.807, 2.05) is 20.8 Å². The van der Waals surface area contributed by atoms with Gasteiger partial charge in [0.05, 0.1) is 12.1 Å². The molecule has 0 spiro atoms. The van der Waals surface area contributed by atoms with Crippen molar-refractivity contribution >= 4 is 0 Å². The number of aliphatic hydroxyl groups excluding tert-OH is 1. The first-order valence-electron chi connectivity index (χ1n) is 5.02. The zero-order chi connectivity index (χ0) is 11.6. The molecule has 3 N–H and O–H groups in total. The first-order chi connectivity index (χ1) is 6.84. The highest BCUT2D eigenvalue weighted by Gasteiger charge is 2.30. The molecule has 0 aliphatic heterocycles. The summed E-state index contributed by atoms with van der Waals surface area (Å²) in [5.41, 5.74) is 5.84. The first kappa shape index (κ1) is 12.1. The molecule has 0 unspecified atom stereocenters. The summed E-state index contributed by atoms with van der Waals surface area (Å²) >= 11 is 0. The minimum atomic E-state index is -0.769. The van der Waals surface area contributed by atoms with Crippen molar-refractivity contribution in [2.24, 2.45) is 11.1 Å². The Bertz CT molecular complexity index is 333. The molecule has 0 amide bonds. The lowest BCUT2D eigenvalue weighted by Gasteiger charge is -2.31. The van der Waals surface area contributed by atoms with E-state index in [1.54, 1.807) is 18.2 Å². The average Bonchev–Trinajstić information content (AvgIpc) is 2.15. The molecule has 84 valence electrons. The molecule has 0 aromatic heterocycles. The van der Waals surface area contributed by atoms with E-state index in [0.29, 0.717) is 5.56 Å². The SMILES string of the molecule is CC(C)(C)[C@@H](O)[C@@H](N)c1ccccc1F. The van der Waals surface area contributed by atoms with Gasteiger partial charge in [0.1, 0.15) is 5.82 Å². The fourth-order valence-electron chi connectivity index (χ4n) is 1.45. The zero-order valence-electron chi connectivity index (χ0n) is 9.37. The molecule has 0 bridgehead atoms. The van der Waals surface area contributed by atoms with Crippen LogP contribution in [0.4, 0.5) is 4.39 Å². The average molecular weight is 211 g/mol. The summed E-state index contributed by atoms with van der Waals surface area (Å²) in [6, 6.07) is 5.59. The Kier molecular flexibility index (Phi) is 3.47. The van der Waals surface area contributed by atoms with Crippen LogP contribution in [-0.4, -0.2) is 11.2 Å². The van der Waals surface area contributed by atoms with E-state index in [4.69, 9.17) is 5.73 Å². The van der Waals surface area contributed by atoms with Crippen LogP contribution in [0.3, 0.4) is 0 Å². The van der Waals surface area contributed by atoms with E-state index in [2.05, 4.69) is 0 Å². The molecule has 0 saturated carbocycles. The molecular weight excluding hydrogens is 193 g/mol. The second kappa shape index (κ2) is 4.29. The van der Waals surface area contributed by atoms with E-state index >= 15 is 0 Å². The first-order valence-corrected chi connectivity index (χ1v) is 5.02. The Morgan fingerprint density at radius 1 is 1.27 bits per heavy atom. The van der Waals surface area contributed by atoms with Crippen LogP contribution in [0.2, 0.25) is 0 Å². The summed E-state index contributed by atoms with van der Waals surface area (Å²) in [7, 11) is 0. The lowest BCUT2D eigenvalue weighted by molar-refractivity contribution is 0.0391. The minimum Gasteiger partial charge on any atom is -0.391 e. The van der Waals surface area contributed by atoms with Gasteiger partial charge in [0, 0.05) is 5.56 Å². The maximum atomic E-state index is 13.4. The summed E-state index contributed by atoms with van der Waals surface area (Å²) in [6.45, 7) is 5.62. The Morgan fingerprint density at radius 2 is 1.80 bits per heavy atom. The second-order valence-corrected chi connectivity index (χ2v) is 4.86. The minimum absolute atomic E-state index is 0.359. The van der Waals surface area contributed by atoms with Crippen molar-refractivity contribution in [2.45, 2.75) is 32.9 Å². The number of nitrogens with two attached hydrogens (primary N) is 1. The van der Waals surface area contributed by atoms with Crippen molar-refractivity contribution in [3.8, 4) is 0 Å². The van der Waals surface area contributed by atoms with Crippen molar-refractivity contribution in [2.75, 3.05) is 0 Å². The molecule has 1 aromatic carbocycles. The normalized spacial score (nSPS) is 16.1. The third-order valence-corrected chi connectivity index (χ3v) is 2.49. The highest BCUT2D eigenvalue weighted by Crippen LogP contribution is 2.29. The number of halogens is 1. The molecule has 0 aliphatic rings. The van der Waals surface area contributed by atoms with Crippen molar-refractivity contribution < 1.29 is 9.50 Å². The molecule has 0 aliphatic carbocycles. The van der Waals surface area contributed by atoms with E-state index in [9.17, 15) is 9.50 Å². The van der Waals surface area contributed by atoms with Gasteiger partial charge < -0.3 is 10.8 Å². The van der Waals surface area contributed by atoms with Gasteiger partial charge in [0.25, 0.3) is 0 Å². The van der Waals surface area contributed by atoms with Gasteiger partial charge in [-0.2, -0.15) is 0 Å². The van der Waals surface area contributed by atoms with Gasteiger partial charge in [-0.05, 0) is 11.5 Å². The quantitative estimate of drug-likeness (QED) is 0.788. The summed E-state index contributed by atoms with van der Waals surface area (Å²) in [5.74, 6) is -0.367. The number of hydrogen-bond donors (Lipinski definition) is 2. The molecule has 3 heteroatoms. The molecular formula is C12H18FNO. The van der Waals surface area contributed by atoms with E-state index in [0.717, 1.165) is 0 Å². The highest BCUT2D eigenvalue weighted by atomic mass is 19.1. The van der Waals surface area contributed by atoms with Crippen LogP contribution >= 0.6 is 0 Å². The van der Waals surface area contributed by atoms with Gasteiger partial charge >= 0.3 is 0 Å². The molecule has 2 nitrogen and oxygen atoms in total. The summed E-state index contributed by atoms with van der Waals surface area (Å²) in [5, 5.41) is 9.94. The van der Waals surface area contributed by atoms with E-state index in [-0.39, 0.29) is 11.2 Å². The molecule has 0 radical (unpaired) electrons. The Balaban J connectivity index is 2.95. The third kappa shape index (κ3) is 2.76. The molecule has 15 heavy (non-hydrogen) atoms. The summed E-state index contributed by atoms with van der Waals surface area (Å²) < 4.78 is 13.4. The van der Waals surface area contributed by atoms with Crippen LogP contribution < -0.4 is 5.73 Å². The fourth-order valence-corrected chi connectivity index (χ4v) is 1.45. The predicted molar refractivity (Wildman–Crippen MR) is 58.8 cm³/mol. The molecule has 1 aromatic rings. The van der Waals surface area contributed by atoms with Gasteiger partial charge in [-0.25, -0.2) is 4.39 Å². The third-order valence-electron chi connectivity index (χ3n) is 2.49. The summed E-state index contributed by atoms with van der Waals surface area (Å²) in [6.07, 6.45) is -0.769. The van der Waals surface area contributed by atoms with Gasteiger partial charge in [0.15, 0.2) is 0 Å². The Labute approximate surface area is 89.9 Å². The lowest BCUT2D eigenvalue weighted by atomic mass is 9.82. The topological polar surface area (TPSA) is 46.2 Å². The maximum absolute atomic E-state index is 13.4. The van der Waals surface area contributed by atoms with E-state index < -0.39 is 12.1 Å². The summed E-state index contributed by atoms with van der Waals surface area (Å²) in [4.78, 5) is 0. The molecule has 1 rings (SSSR count). The molecule has 0 saturated heterocycles. The monoisotopic (exact) mass is 211 g/mol. The van der Waals surface area contributed by atoms with Crippen molar-refractivity contribution in [3.63, 3.8) is 0 Å². The Hall–Kier alpha value is -0.930. The number of rotatable bonds is 2. The van der Waals surface area contributed by atoms with Gasteiger partial charge in [-0.15, -0.1) is 0 Å². The van der Waals surface area contributed by atoms with Crippen molar-refractivity contribution in [1.29, 1.82) is 0 Å². The predicted octanol–water partition coefficient (Wildman–Crippen LogP) is 2.23. The number of benzene rings is 1. The molecule has 2 atom stereocenters. The van der Waals surface area contributed by atoms with Crippen LogP contribution in [0.15, 0.2) is 24.3 Å². The van der Waals surface area contributed by atoms with Crippen LogP contribution in [0.25, 0.3) is 0 Å². The Morgan fingerprint density at radius 3 is 2.27 bits per heavy atom. The van der Waals surface area contributed by atoms with Gasteiger partial charge in [0.2, 0.25) is 0 Å². The zero-order valence-corrected chi connectivity index (χ0v) is 9.37. The number of aliphatic hydroxyl groups is 1. The fraction of sp³-hybridized carbons (Fsp3) is 0.500.